The van der Waals surface area contributed by atoms with E-state index >= 15 is 0 Å². The predicted octanol–water partition coefficient (Wildman–Crippen LogP) is 3.79. The van der Waals surface area contributed by atoms with Crippen molar-refractivity contribution >= 4 is 11.6 Å². The van der Waals surface area contributed by atoms with Crippen LogP contribution < -0.4 is 10.1 Å². The van der Waals surface area contributed by atoms with Crippen molar-refractivity contribution in [3.8, 4) is 5.75 Å². The lowest BCUT2D eigenvalue weighted by Crippen LogP contribution is -2.12. The Balaban J connectivity index is 2.18. The van der Waals surface area contributed by atoms with Gasteiger partial charge in [0.15, 0.2) is 11.6 Å². The van der Waals surface area contributed by atoms with Crippen LogP contribution in [0.4, 0.5) is 10.1 Å². The normalized spacial score (nSPS) is 11.8. The minimum atomic E-state index is -0.505. The zero-order valence-electron chi connectivity index (χ0n) is 12.7. The summed E-state index contributed by atoms with van der Waals surface area (Å²) in [6, 6.07) is 11.4. The van der Waals surface area contributed by atoms with Crippen molar-refractivity contribution in [3.63, 3.8) is 0 Å². The summed E-state index contributed by atoms with van der Waals surface area (Å²) in [7, 11) is 2.98. The van der Waals surface area contributed by atoms with E-state index in [0.717, 1.165) is 5.56 Å². The topological polar surface area (TPSA) is 47.6 Å². The van der Waals surface area contributed by atoms with E-state index < -0.39 is 5.82 Å². The maximum atomic E-state index is 13.4. The van der Waals surface area contributed by atoms with Crippen LogP contribution in [0.15, 0.2) is 42.5 Å². The van der Waals surface area contributed by atoms with Crippen LogP contribution in [0.1, 0.15) is 28.9 Å². The second-order valence-corrected chi connectivity index (χ2v) is 4.81. The van der Waals surface area contributed by atoms with Crippen LogP contribution in [0.2, 0.25) is 0 Å². The number of rotatable bonds is 5. The molecule has 0 fully saturated rings. The number of anilines is 1. The first-order valence-corrected chi connectivity index (χ1v) is 6.82. The fraction of sp³-hybridized carbons (Fsp3) is 0.235. The molecule has 1 unspecified atom stereocenters. The first-order valence-electron chi connectivity index (χ1n) is 6.82. The van der Waals surface area contributed by atoms with Gasteiger partial charge in [-0.15, -0.1) is 0 Å². The Morgan fingerprint density at radius 1 is 1.18 bits per heavy atom. The third kappa shape index (κ3) is 3.62. The number of carbonyl (C=O) groups excluding carboxylic acids is 1. The van der Waals surface area contributed by atoms with Gasteiger partial charge < -0.3 is 14.8 Å². The van der Waals surface area contributed by atoms with Crippen molar-refractivity contribution in [3.05, 3.63) is 59.4 Å². The summed E-state index contributed by atoms with van der Waals surface area (Å²) in [5.41, 5.74) is 1.93. The third-order valence-corrected chi connectivity index (χ3v) is 3.38. The minimum absolute atomic E-state index is 0.0365. The van der Waals surface area contributed by atoms with Crippen LogP contribution in [0.5, 0.6) is 5.75 Å². The summed E-state index contributed by atoms with van der Waals surface area (Å²) in [4.78, 5) is 12.2. The average molecular weight is 303 g/mol. The van der Waals surface area contributed by atoms with Crippen molar-refractivity contribution in [1.29, 1.82) is 0 Å². The molecule has 1 atom stereocenters. The second kappa shape index (κ2) is 7.04. The van der Waals surface area contributed by atoms with Gasteiger partial charge in [-0.1, -0.05) is 12.1 Å². The van der Waals surface area contributed by atoms with Gasteiger partial charge in [-0.05, 0) is 42.8 Å². The first-order chi connectivity index (χ1) is 10.5. The predicted molar refractivity (Wildman–Crippen MR) is 82.8 cm³/mol. The molecule has 0 spiro atoms. The molecule has 0 heterocycles. The summed E-state index contributed by atoms with van der Waals surface area (Å²) in [6.45, 7) is 1.92. The van der Waals surface area contributed by atoms with Crippen molar-refractivity contribution < 1.29 is 18.7 Å². The maximum Gasteiger partial charge on any atom is 0.255 e. The van der Waals surface area contributed by atoms with Gasteiger partial charge in [0.05, 0.1) is 13.2 Å². The zero-order valence-corrected chi connectivity index (χ0v) is 12.7. The Morgan fingerprint density at radius 2 is 1.95 bits per heavy atom. The largest absolute Gasteiger partial charge is 0.494 e. The zero-order chi connectivity index (χ0) is 16.1. The number of hydrogen-bond donors (Lipinski definition) is 1. The SMILES string of the molecule is COc1cc(C(=O)Nc2cccc(C(C)OC)c2)ccc1F. The Bertz CT molecular complexity index is 673. The van der Waals surface area contributed by atoms with Gasteiger partial charge in [-0.25, -0.2) is 4.39 Å². The van der Waals surface area contributed by atoms with Crippen molar-refractivity contribution in [2.24, 2.45) is 0 Å². The monoisotopic (exact) mass is 303 g/mol. The third-order valence-electron chi connectivity index (χ3n) is 3.38. The second-order valence-electron chi connectivity index (χ2n) is 4.81. The molecule has 2 rings (SSSR count). The highest BCUT2D eigenvalue weighted by molar-refractivity contribution is 6.04. The Hall–Kier alpha value is -2.40. The number of benzene rings is 2. The molecule has 0 aliphatic rings. The number of amides is 1. The molecule has 4 nitrogen and oxygen atoms in total. The van der Waals surface area contributed by atoms with Gasteiger partial charge in [-0.3, -0.25) is 4.79 Å². The number of carbonyl (C=O) groups is 1. The van der Waals surface area contributed by atoms with Crippen LogP contribution >= 0.6 is 0 Å². The van der Waals surface area contributed by atoms with Crippen LogP contribution in [0.3, 0.4) is 0 Å². The molecule has 0 saturated carbocycles. The quantitative estimate of drug-likeness (QED) is 0.914. The van der Waals surface area contributed by atoms with Gasteiger partial charge in [0.25, 0.3) is 5.91 Å². The van der Waals surface area contributed by atoms with Crippen molar-refractivity contribution in [1.82, 2.24) is 0 Å². The minimum Gasteiger partial charge on any atom is -0.494 e. The molecule has 0 radical (unpaired) electrons. The number of methoxy groups -OCH3 is 2. The summed E-state index contributed by atoms with van der Waals surface area (Å²) in [5.74, 6) is -0.801. The maximum absolute atomic E-state index is 13.4. The smallest absolute Gasteiger partial charge is 0.255 e. The average Bonchev–Trinajstić information content (AvgIpc) is 2.54. The van der Waals surface area contributed by atoms with E-state index in [1.54, 1.807) is 13.2 Å². The molecule has 1 amide bonds. The first kappa shape index (κ1) is 16.0. The van der Waals surface area contributed by atoms with Gasteiger partial charge >= 0.3 is 0 Å². The van der Waals surface area contributed by atoms with Crippen LogP contribution in [0.25, 0.3) is 0 Å². The molecule has 0 bridgehead atoms. The Morgan fingerprint density at radius 3 is 2.64 bits per heavy atom. The van der Waals surface area contributed by atoms with Crippen LogP contribution in [-0.2, 0) is 4.74 Å². The van der Waals surface area contributed by atoms with Gasteiger partial charge in [0, 0.05) is 18.4 Å². The van der Waals surface area contributed by atoms with Gasteiger partial charge in [0.2, 0.25) is 0 Å². The Labute approximate surface area is 128 Å². The summed E-state index contributed by atoms with van der Waals surface area (Å²) >= 11 is 0. The lowest BCUT2D eigenvalue weighted by atomic mass is 10.1. The molecule has 0 aliphatic heterocycles. The lowest BCUT2D eigenvalue weighted by molar-refractivity contribution is 0.102. The number of ether oxygens (including phenoxy) is 2. The van der Waals surface area contributed by atoms with Crippen molar-refractivity contribution in [2.75, 3.05) is 19.5 Å². The fourth-order valence-electron chi connectivity index (χ4n) is 2.01. The number of nitrogens with one attached hydrogen (secondary N) is 1. The van der Waals surface area contributed by atoms with E-state index in [4.69, 9.17) is 9.47 Å². The van der Waals surface area contributed by atoms with Gasteiger partial charge in [-0.2, -0.15) is 0 Å². The summed E-state index contributed by atoms with van der Waals surface area (Å²) in [5, 5.41) is 2.78. The standard InChI is InChI=1S/C17H18FNO3/c1-11(21-2)12-5-4-6-14(9-12)19-17(20)13-7-8-15(18)16(10-13)22-3/h4-11H,1-3H3,(H,19,20). The highest BCUT2D eigenvalue weighted by Gasteiger charge is 2.11. The molecule has 0 aromatic heterocycles. The van der Waals surface area contributed by atoms with Crippen LogP contribution in [-0.4, -0.2) is 20.1 Å². The summed E-state index contributed by atoms with van der Waals surface area (Å²) in [6.07, 6.45) is -0.0669. The highest BCUT2D eigenvalue weighted by Crippen LogP contribution is 2.22. The number of halogens is 1. The molecule has 0 aliphatic carbocycles. The lowest BCUT2D eigenvalue weighted by Gasteiger charge is -2.12. The van der Waals surface area contributed by atoms with E-state index in [9.17, 15) is 9.18 Å². The fourth-order valence-corrected chi connectivity index (χ4v) is 2.01. The molecular formula is C17H18FNO3. The number of hydrogen-bond acceptors (Lipinski definition) is 3. The van der Waals surface area contributed by atoms with Crippen molar-refractivity contribution in [2.45, 2.75) is 13.0 Å². The molecule has 2 aromatic carbocycles. The highest BCUT2D eigenvalue weighted by atomic mass is 19.1. The molecule has 2 aromatic rings. The van der Waals surface area contributed by atoms with E-state index in [1.807, 2.05) is 25.1 Å². The molecule has 116 valence electrons. The van der Waals surface area contributed by atoms with E-state index in [0.29, 0.717) is 11.3 Å². The Kier molecular flexibility index (Phi) is 5.12. The van der Waals surface area contributed by atoms with Gasteiger partial charge in [0.1, 0.15) is 0 Å². The van der Waals surface area contributed by atoms with E-state index in [-0.39, 0.29) is 17.8 Å². The molecular weight excluding hydrogens is 285 g/mol. The molecule has 5 heteroatoms. The van der Waals surface area contributed by atoms with E-state index in [2.05, 4.69) is 5.32 Å². The van der Waals surface area contributed by atoms with Crippen LogP contribution in [0, 0.1) is 5.82 Å². The van der Waals surface area contributed by atoms with E-state index in [1.165, 1.54) is 25.3 Å². The summed E-state index contributed by atoms with van der Waals surface area (Å²) < 4.78 is 23.5. The molecule has 0 saturated heterocycles. The molecule has 1 N–H and O–H groups in total. The molecule has 22 heavy (non-hydrogen) atoms.